The molecule has 30 heavy (non-hydrogen) atoms. The van der Waals surface area contributed by atoms with Crippen molar-refractivity contribution in [1.29, 1.82) is 0 Å². The number of unbranched alkanes of at least 4 members (excludes halogenated alkanes) is 9. The Morgan fingerprint density at radius 1 is 0.833 bits per heavy atom. The summed E-state index contributed by atoms with van der Waals surface area (Å²) >= 11 is 0. The standard InChI is InChI=1S/C24H34O5S/c1-2-3-4-5-6-7-8-9-10-14-17-22-23(25)18-21(30(26,27)28)19-24(22)29-20-15-12-11-13-16-20/h11-13,15-16,18-19,25H,2-10,14,17H2,1H3,(H,26,27,28). The molecule has 0 heterocycles. The summed E-state index contributed by atoms with van der Waals surface area (Å²) in [6, 6.07) is 11.3. The first-order valence-electron chi connectivity index (χ1n) is 11.0. The van der Waals surface area contributed by atoms with E-state index in [-0.39, 0.29) is 16.4 Å². The summed E-state index contributed by atoms with van der Waals surface area (Å²) in [4.78, 5) is -0.377. The van der Waals surface area contributed by atoms with Crippen LogP contribution in [-0.2, 0) is 16.5 Å². The van der Waals surface area contributed by atoms with Crippen LogP contribution < -0.4 is 4.74 Å². The molecular weight excluding hydrogens is 400 g/mol. The molecule has 0 aliphatic carbocycles. The van der Waals surface area contributed by atoms with Gasteiger partial charge in [0.05, 0.1) is 0 Å². The van der Waals surface area contributed by atoms with E-state index in [9.17, 15) is 18.1 Å². The molecule has 2 aromatic rings. The molecule has 0 saturated heterocycles. The number of para-hydroxylation sites is 1. The van der Waals surface area contributed by atoms with Gasteiger partial charge in [-0.2, -0.15) is 8.42 Å². The van der Waals surface area contributed by atoms with Crippen LogP contribution in [0.15, 0.2) is 47.4 Å². The summed E-state index contributed by atoms with van der Waals surface area (Å²) in [5.41, 5.74) is 0.561. The molecule has 0 radical (unpaired) electrons. The Balaban J connectivity index is 1.94. The van der Waals surface area contributed by atoms with Crippen molar-refractivity contribution < 1.29 is 22.8 Å². The average molecular weight is 435 g/mol. The van der Waals surface area contributed by atoms with Crippen LogP contribution in [0.5, 0.6) is 17.2 Å². The van der Waals surface area contributed by atoms with E-state index in [1.807, 2.05) is 18.2 Å². The Morgan fingerprint density at radius 2 is 1.40 bits per heavy atom. The molecule has 0 fully saturated rings. The number of phenolic OH excluding ortho intramolecular Hbond substituents is 1. The number of phenols is 1. The maximum absolute atomic E-state index is 11.5. The van der Waals surface area contributed by atoms with Gasteiger partial charge in [-0.3, -0.25) is 4.55 Å². The first-order valence-corrected chi connectivity index (χ1v) is 12.4. The minimum atomic E-state index is -4.44. The van der Waals surface area contributed by atoms with Gasteiger partial charge in [0.15, 0.2) is 0 Å². The number of aromatic hydroxyl groups is 1. The van der Waals surface area contributed by atoms with Crippen LogP contribution in [0.25, 0.3) is 0 Å². The van der Waals surface area contributed by atoms with Gasteiger partial charge in [-0.05, 0) is 25.0 Å². The van der Waals surface area contributed by atoms with Gasteiger partial charge in [0.25, 0.3) is 10.1 Å². The molecule has 6 heteroatoms. The SMILES string of the molecule is CCCCCCCCCCCCc1c(O)cc(S(=O)(=O)O)cc1Oc1ccccc1. The number of hydrogen-bond acceptors (Lipinski definition) is 4. The number of rotatable bonds is 14. The van der Waals surface area contributed by atoms with Gasteiger partial charge in [0.1, 0.15) is 22.1 Å². The van der Waals surface area contributed by atoms with Gasteiger partial charge in [-0.15, -0.1) is 0 Å². The fourth-order valence-electron chi connectivity index (χ4n) is 3.50. The molecule has 2 aromatic carbocycles. The van der Waals surface area contributed by atoms with Crippen molar-refractivity contribution >= 4 is 10.1 Å². The number of hydrogen-bond donors (Lipinski definition) is 2. The highest BCUT2D eigenvalue weighted by Crippen LogP contribution is 2.36. The molecule has 0 amide bonds. The third-order valence-corrected chi connectivity index (χ3v) is 6.04. The molecule has 0 spiro atoms. The van der Waals surface area contributed by atoms with E-state index in [1.54, 1.807) is 12.1 Å². The fraction of sp³-hybridized carbons (Fsp3) is 0.500. The lowest BCUT2D eigenvalue weighted by molar-refractivity contribution is 0.434. The van der Waals surface area contributed by atoms with Crippen molar-refractivity contribution in [3.63, 3.8) is 0 Å². The molecule has 0 aliphatic heterocycles. The number of benzene rings is 2. The lowest BCUT2D eigenvalue weighted by Crippen LogP contribution is -2.01. The summed E-state index contributed by atoms with van der Waals surface area (Å²) in [5, 5.41) is 10.4. The van der Waals surface area contributed by atoms with Gasteiger partial charge in [0.2, 0.25) is 0 Å². The smallest absolute Gasteiger partial charge is 0.294 e. The molecule has 0 saturated carbocycles. The van der Waals surface area contributed by atoms with Crippen LogP contribution in [0.1, 0.15) is 76.7 Å². The van der Waals surface area contributed by atoms with E-state index in [2.05, 4.69) is 6.92 Å². The maximum atomic E-state index is 11.5. The van der Waals surface area contributed by atoms with E-state index >= 15 is 0 Å². The van der Waals surface area contributed by atoms with E-state index < -0.39 is 10.1 Å². The molecule has 0 atom stereocenters. The second-order valence-electron chi connectivity index (χ2n) is 7.74. The topological polar surface area (TPSA) is 83.8 Å². The molecule has 0 unspecified atom stereocenters. The monoisotopic (exact) mass is 434 g/mol. The molecule has 2 rings (SSSR count). The molecule has 0 aromatic heterocycles. The largest absolute Gasteiger partial charge is 0.507 e. The van der Waals surface area contributed by atoms with Crippen LogP contribution in [0.3, 0.4) is 0 Å². The lowest BCUT2D eigenvalue weighted by atomic mass is 10.0. The second-order valence-corrected chi connectivity index (χ2v) is 9.16. The highest BCUT2D eigenvalue weighted by molar-refractivity contribution is 7.85. The lowest BCUT2D eigenvalue weighted by Gasteiger charge is -2.14. The van der Waals surface area contributed by atoms with Crippen LogP contribution in [0, 0.1) is 0 Å². The Hall–Kier alpha value is -2.05. The molecule has 0 bridgehead atoms. The summed E-state index contributed by atoms with van der Waals surface area (Å²) in [7, 11) is -4.44. The summed E-state index contributed by atoms with van der Waals surface area (Å²) in [5.74, 6) is 0.616. The van der Waals surface area contributed by atoms with Gasteiger partial charge in [0, 0.05) is 17.7 Å². The molecule has 5 nitrogen and oxygen atoms in total. The van der Waals surface area contributed by atoms with Crippen LogP contribution in [0.4, 0.5) is 0 Å². The summed E-state index contributed by atoms with van der Waals surface area (Å²) in [6.07, 6.45) is 12.7. The molecule has 0 aliphatic rings. The molecule has 166 valence electrons. The quantitative estimate of drug-likeness (QED) is 0.250. The highest BCUT2D eigenvalue weighted by Gasteiger charge is 2.18. The van der Waals surface area contributed by atoms with Crippen LogP contribution >= 0.6 is 0 Å². The zero-order valence-electron chi connectivity index (χ0n) is 17.8. The Labute approximate surface area is 180 Å². The van der Waals surface area contributed by atoms with Crippen molar-refractivity contribution in [2.24, 2.45) is 0 Å². The minimum Gasteiger partial charge on any atom is -0.507 e. The Kier molecular flexibility index (Phi) is 10.2. The summed E-state index contributed by atoms with van der Waals surface area (Å²) in [6.45, 7) is 2.23. The maximum Gasteiger partial charge on any atom is 0.294 e. The van der Waals surface area contributed by atoms with Crippen LogP contribution in [-0.4, -0.2) is 18.1 Å². The zero-order valence-corrected chi connectivity index (χ0v) is 18.7. The van der Waals surface area contributed by atoms with E-state index in [0.29, 0.717) is 17.7 Å². The van der Waals surface area contributed by atoms with Gasteiger partial charge < -0.3 is 9.84 Å². The van der Waals surface area contributed by atoms with E-state index in [0.717, 1.165) is 25.3 Å². The Bertz CT molecular complexity index is 863. The average Bonchev–Trinajstić information content (AvgIpc) is 2.71. The first kappa shape index (κ1) is 24.2. The van der Waals surface area contributed by atoms with Crippen molar-refractivity contribution in [2.45, 2.75) is 82.4 Å². The van der Waals surface area contributed by atoms with Gasteiger partial charge >= 0.3 is 0 Å². The van der Waals surface area contributed by atoms with Gasteiger partial charge in [-0.1, -0.05) is 82.9 Å². The third-order valence-electron chi connectivity index (χ3n) is 5.21. The normalized spacial score (nSPS) is 11.5. The van der Waals surface area contributed by atoms with Crippen molar-refractivity contribution in [3.05, 3.63) is 48.0 Å². The highest BCUT2D eigenvalue weighted by atomic mass is 32.2. The van der Waals surface area contributed by atoms with E-state index in [4.69, 9.17) is 4.74 Å². The van der Waals surface area contributed by atoms with Crippen molar-refractivity contribution in [3.8, 4) is 17.2 Å². The first-order chi connectivity index (χ1) is 14.4. The Morgan fingerprint density at radius 3 is 1.97 bits per heavy atom. The molecular formula is C24H34O5S. The van der Waals surface area contributed by atoms with Crippen molar-refractivity contribution in [2.75, 3.05) is 0 Å². The zero-order chi connectivity index (χ0) is 21.8. The van der Waals surface area contributed by atoms with Gasteiger partial charge in [-0.25, -0.2) is 0 Å². The van der Waals surface area contributed by atoms with E-state index in [1.165, 1.54) is 51.0 Å². The minimum absolute atomic E-state index is 0.174. The van der Waals surface area contributed by atoms with Crippen molar-refractivity contribution in [1.82, 2.24) is 0 Å². The molecule has 2 N–H and O–H groups in total. The predicted octanol–water partition coefficient (Wildman–Crippen LogP) is 6.89. The second kappa shape index (κ2) is 12.6. The summed E-state index contributed by atoms with van der Waals surface area (Å²) < 4.78 is 38.3. The predicted molar refractivity (Wildman–Crippen MR) is 120 cm³/mol. The van der Waals surface area contributed by atoms with Crippen LogP contribution in [0.2, 0.25) is 0 Å². The third kappa shape index (κ3) is 8.36. The number of ether oxygens (including phenoxy) is 1. The fourth-order valence-corrected chi connectivity index (χ4v) is 4.02.